The van der Waals surface area contributed by atoms with Crippen molar-refractivity contribution in [3.63, 3.8) is 0 Å². The summed E-state index contributed by atoms with van der Waals surface area (Å²) in [5.74, 6) is 0.776. The molecule has 1 fully saturated rings. The largest absolute Gasteiger partial charge is 0.493 e. The van der Waals surface area contributed by atoms with Gasteiger partial charge in [0.15, 0.2) is 16.7 Å². The first-order valence-corrected chi connectivity index (χ1v) is 11.4. The van der Waals surface area contributed by atoms with Crippen molar-refractivity contribution in [2.24, 2.45) is 4.99 Å². The van der Waals surface area contributed by atoms with Gasteiger partial charge in [-0.05, 0) is 55.7 Å². The van der Waals surface area contributed by atoms with Gasteiger partial charge in [0.2, 0.25) is 11.8 Å². The molecule has 7 nitrogen and oxygen atoms in total. The molecule has 170 valence electrons. The number of amides is 2. The molecule has 2 amide bonds. The second-order valence-electron chi connectivity index (χ2n) is 7.66. The van der Waals surface area contributed by atoms with E-state index in [0.717, 1.165) is 23.2 Å². The van der Waals surface area contributed by atoms with E-state index in [1.807, 2.05) is 32.9 Å². The van der Waals surface area contributed by atoms with Crippen LogP contribution in [0.4, 0.5) is 11.4 Å². The van der Waals surface area contributed by atoms with E-state index in [1.165, 1.54) is 18.9 Å². The van der Waals surface area contributed by atoms with E-state index < -0.39 is 5.25 Å². The molecule has 2 aromatic carbocycles. The van der Waals surface area contributed by atoms with Crippen molar-refractivity contribution in [3.8, 4) is 11.5 Å². The molecule has 3 rings (SSSR count). The van der Waals surface area contributed by atoms with Crippen molar-refractivity contribution >= 4 is 40.1 Å². The molecule has 0 aliphatic carbocycles. The summed E-state index contributed by atoms with van der Waals surface area (Å²) < 4.78 is 10.5. The number of carbonyl (C=O) groups is 2. The number of carbonyl (C=O) groups excluding carboxylic acids is 2. The maximum absolute atomic E-state index is 13.0. The minimum absolute atomic E-state index is 0.0594. The van der Waals surface area contributed by atoms with Gasteiger partial charge in [-0.15, -0.1) is 0 Å². The summed E-state index contributed by atoms with van der Waals surface area (Å²) in [6.07, 6.45) is 0.868. The van der Waals surface area contributed by atoms with Crippen LogP contribution >= 0.6 is 11.8 Å². The van der Waals surface area contributed by atoms with Gasteiger partial charge in [0.1, 0.15) is 5.25 Å². The number of nitrogens with one attached hydrogen (secondary N) is 1. The van der Waals surface area contributed by atoms with Gasteiger partial charge >= 0.3 is 0 Å². The quantitative estimate of drug-likeness (QED) is 0.625. The predicted octanol–water partition coefficient (Wildman–Crippen LogP) is 4.69. The number of thioether (sulfide) groups is 1. The summed E-state index contributed by atoms with van der Waals surface area (Å²) in [6, 6.07) is 11.2. The number of nitrogens with zero attached hydrogens (tertiary/aromatic N) is 2. The Balaban J connectivity index is 1.74. The highest BCUT2D eigenvalue weighted by molar-refractivity contribution is 8.15. The Morgan fingerprint density at radius 1 is 1.09 bits per heavy atom. The van der Waals surface area contributed by atoms with Gasteiger partial charge in [-0.3, -0.25) is 14.5 Å². The molecule has 0 aromatic heterocycles. The zero-order valence-electron chi connectivity index (χ0n) is 19.1. The highest BCUT2D eigenvalue weighted by Gasteiger charge is 2.38. The molecule has 1 saturated heterocycles. The normalized spacial score (nSPS) is 17.0. The molecular formula is C24H29N3O4S. The van der Waals surface area contributed by atoms with E-state index in [1.54, 1.807) is 30.2 Å². The lowest BCUT2D eigenvalue weighted by Crippen LogP contribution is -2.34. The molecule has 0 saturated carbocycles. The maximum Gasteiger partial charge on any atom is 0.242 e. The molecule has 1 aliphatic rings. The fourth-order valence-electron chi connectivity index (χ4n) is 3.57. The van der Waals surface area contributed by atoms with Crippen LogP contribution in [0.5, 0.6) is 11.5 Å². The molecule has 0 spiro atoms. The number of aliphatic imine (C=N–C) groups is 1. The number of methoxy groups -OCH3 is 2. The van der Waals surface area contributed by atoms with E-state index >= 15 is 0 Å². The van der Waals surface area contributed by atoms with Gasteiger partial charge in [0.05, 0.1) is 19.9 Å². The van der Waals surface area contributed by atoms with Crippen LogP contribution in [0, 0.1) is 13.8 Å². The fourth-order valence-corrected chi connectivity index (χ4v) is 4.76. The van der Waals surface area contributed by atoms with E-state index in [9.17, 15) is 9.59 Å². The Bertz CT molecular complexity index is 1020. The zero-order valence-corrected chi connectivity index (χ0v) is 19.9. The molecule has 0 bridgehead atoms. The molecule has 2 aromatic rings. The van der Waals surface area contributed by atoms with Crippen molar-refractivity contribution in [1.29, 1.82) is 0 Å². The minimum atomic E-state index is -0.508. The maximum atomic E-state index is 13.0. The SMILES string of the molecule is CCCN1C(=O)C(CC(=O)Nc2ccc(OC)c(OC)c2)SC1=Nc1cc(C)cc(C)c1. The van der Waals surface area contributed by atoms with Crippen LogP contribution in [-0.2, 0) is 9.59 Å². The predicted molar refractivity (Wildman–Crippen MR) is 129 cm³/mol. The van der Waals surface area contributed by atoms with E-state index in [2.05, 4.69) is 11.4 Å². The van der Waals surface area contributed by atoms with Gasteiger partial charge in [0, 0.05) is 24.7 Å². The lowest BCUT2D eigenvalue weighted by atomic mass is 10.1. The van der Waals surface area contributed by atoms with Crippen LogP contribution in [0.3, 0.4) is 0 Å². The fraction of sp³-hybridized carbons (Fsp3) is 0.375. The van der Waals surface area contributed by atoms with Crippen LogP contribution in [0.25, 0.3) is 0 Å². The second-order valence-corrected chi connectivity index (χ2v) is 8.83. The first-order valence-electron chi connectivity index (χ1n) is 10.5. The summed E-state index contributed by atoms with van der Waals surface area (Å²) >= 11 is 1.35. The summed E-state index contributed by atoms with van der Waals surface area (Å²) in [5, 5.41) is 2.98. The highest BCUT2D eigenvalue weighted by atomic mass is 32.2. The number of hydrogen-bond acceptors (Lipinski definition) is 6. The van der Waals surface area contributed by atoms with Crippen molar-refractivity contribution < 1.29 is 19.1 Å². The minimum Gasteiger partial charge on any atom is -0.493 e. The Kier molecular flexibility index (Phi) is 7.80. The Hall–Kier alpha value is -3.00. The van der Waals surface area contributed by atoms with Gasteiger partial charge < -0.3 is 14.8 Å². The Morgan fingerprint density at radius 2 is 1.78 bits per heavy atom. The van der Waals surface area contributed by atoms with Crippen LogP contribution in [0.15, 0.2) is 41.4 Å². The molecule has 1 unspecified atom stereocenters. The molecule has 1 N–H and O–H groups in total. The topological polar surface area (TPSA) is 80.2 Å². The number of aryl methyl sites for hydroxylation is 2. The molecule has 1 heterocycles. The van der Waals surface area contributed by atoms with Crippen LogP contribution in [-0.4, -0.2) is 47.9 Å². The molecule has 1 atom stereocenters. The lowest BCUT2D eigenvalue weighted by molar-refractivity contribution is -0.128. The lowest BCUT2D eigenvalue weighted by Gasteiger charge is -2.15. The van der Waals surface area contributed by atoms with E-state index in [0.29, 0.717) is 28.9 Å². The van der Waals surface area contributed by atoms with Crippen LogP contribution in [0.2, 0.25) is 0 Å². The molecule has 8 heteroatoms. The van der Waals surface area contributed by atoms with E-state index in [-0.39, 0.29) is 18.2 Å². The van der Waals surface area contributed by atoms with Gasteiger partial charge in [-0.25, -0.2) is 4.99 Å². The molecule has 1 aliphatic heterocycles. The van der Waals surface area contributed by atoms with Crippen LogP contribution in [0.1, 0.15) is 30.9 Å². The highest BCUT2D eigenvalue weighted by Crippen LogP contribution is 2.33. The molecular weight excluding hydrogens is 426 g/mol. The standard InChI is InChI=1S/C24H29N3O4S/c1-6-9-27-23(29)21(32-24(27)26-18-11-15(2)10-16(3)12-18)14-22(28)25-17-7-8-19(30-4)20(13-17)31-5/h7-8,10-13,21H,6,9,14H2,1-5H3,(H,25,28). The summed E-state index contributed by atoms with van der Waals surface area (Å²) in [6.45, 7) is 6.64. The average Bonchev–Trinajstić information content (AvgIpc) is 3.01. The third kappa shape index (κ3) is 5.62. The van der Waals surface area contributed by atoms with E-state index in [4.69, 9.17) is 14.5 Å². The third-order valence-electron chi connectivity index (χ3n) is 4.94. The summed E-state index contributed by atoms with van der Waals surface area (Å²) in [4.78, 5) is 32.1. The third-order valence-corrected chi connectivity index (χ3v) is 6.11. The van der Waals surface area contributed by atoms with Crippen molar-refractivity contribution in [1.82, 2.24) is 4.90 Å². The first kappa shape index (κ1) is 23.7. The van der Waals surface area contributed by atoms with Crippen molar-refractivity contribution in [2.75, 3.05) is 26.1 Å². The van der Waals surface area contributed by atoms with Gasteiger partial charge in [-0.2, -0.15) is 0 Å². The summed E-state index contributed by atoms with van der Waals surface area (Å²) in [7, 11) is 3.09. The summed E-state index contributed by atoms with van der Waals surface area (Å²) in [5.41, 5.74) is 3.63. The van der Waals surface area contributed by atoms with Crippen molar-refractivity contribution in [2.45, 2.75) is 38.9 Å². The average molecular weight is 456 g/mol. The zero-order chi connectivity index (χ0) is 23.3. The van der Waals surface area contributed by atoms with Crippen molar-refractivity contribution in [3.05, 3.63) is 47.5 Å². The van der Waals surface area contributed by atoms with Gasteiger partial charge in [0.25, 0.3) is 0 Å². The Labute approximate surface area is 193 Å². The number of amidine groups is 1. The number of anilines is 1. The molecule has 32 heavy (non-hydrogen) atoms. The van der Waals surface area contributed by atoms with Gasteiger partial charge in [-0.1, -0.05) is 24.8 Å². The molecule has 0 radical (unpaired) electrons. The second kappa shape index (κ2) is 10.5. The smallest absolute Gasteiger partial charge is 0.242 e. The number of benzene rings is 2. The number of rotatable bonds is 8. The van der Waals surface area contributed by atoms with Crippen LogP contribution < -0.4 is 14.8 Å². The Morgan fingerprint density at radius 3 is 2.41 bits per heavy atom. The monoisotopic (exact) mass is 455 g/mol. The number of ether oxygens (including phenoxy) is 2. The first-order chi connectivity index (χ1) is 15.3. The number of hydrogen-bond donors (Lipinski definition) is 1.